The molecule has 2 aromatic carbocycles. The van der Waals surface area contributed by atoms with Crippen molar-refractivity contribution in [1.82, 2.24) is 20.1 Å². The van der Waals surface area contributed by atoms with Crippen molar-refractivity contribution >= 4 is 17.7 Å². The van der Waals surface area contributed by atoms with Crippen molar-refractivity contribution in [3.05, 3.63) is 59.9 Å². The summed E-state index contributed by atoms with van der Waals surface area (Å²) in [6.45, 7) is 4.30. The van der Waals surface area contributed by atoms with Gasteiger partial charge < -0.3 is 14.6 Å². The van der Waals surface area contributed by atoms with Gasteiger partial charge in [-0.2, -0.15) is 8.78 Å². The minimum absolute atomic E-state index is 0.0308. The number of benzene rings is 2. The maximum atomic E-state index is 13.1. The largest absolute Gasteiger partial charge is 0.494 e. The predicted octanol–water partition coefficient (Wildman–Crippen LogP) is 5.07. The van der Waals surface area contributed by atoms with Gasteiger partial charge in [0.2, 0.25) is 5.91 Å². The van der Waals surface area contributed by atoms with E-state index in [0.717, 1.165) is 5.56 Å². The molecule has 0 saturated carbocycles. The first-order chi connectivity index (χ1) is 15.4. The van der Waals surface area contributed by atoms with Crippen LogP contribution < -0.4 is 10.1 Å². The highest BCUT2D eigenvalue weighted by atomic mass is 32.2. The van der Waals surface area contributed by atoms with Gasteiger partial charge >= 0.3 is 0 Å². The minimum atomic E-state index is -2.67. The summed E-state index contributed by atoms with van der Waals surface area (Å²) in [5.41, 5.74) is 1.43. The Hall–Kier alpha value is -3.01. The van der Waals surface area contributed by atoms with E-state index in [9.17, 15) is 18.0 Å². The molecule has 1 N–H and O–H groups in total. The Kier molecular flexibility index (Phi) is 8.15. The lowest BCUT2D eigenvalue weighted by Crippen LogP contribution is -2.27. The highest BCUT2D eigenvalue weighted by molar-refractivity contribution is 7.99. The van der Waals surface area contributed by atoms with E-state index in [0.29, 0.717) is 23.7 Å². The van der Waals surface area contributed by atoms with E-state index in [4.69, 9.17) is 4.74 Å². The number of halogens is 3. The SMILES string of the molecule is CCOc1ccc(-c2nnc(SC(F)F)n2CCC(=O)N[C@@H](C)c2ccc(F)cc2)cc1. The Morgan fingerprint density at radius 2 is 1.81 bits per heavy atom. The number of carbonyl (C=O) groups excluding carboxylic acids is 1. The van der Waals surface area contributed by atoms with Crippen molar-refractivity contribution in [2.75, 3.05) is 6.61 Å². The molecule has 6 nitrogen and oxygen atoms in total. The molecule has 0 bridgehead atoms. The topological polar surface area (TPSA) is 69.0 Å². The van der Waals surface area contributed by atoms with Gasteiger partial charge in [0.25, 0.3) is 5.76 Å². The Labute approximate surface area is 188 Å². The van der Waals surface area contributed by atoms with Crippen LogP contribution >= 0.6 is 11.8 Å². The average molecular weight is 465 g/mol. The van der Waals surface area contributed by atoms with Crippen molar-refractivity contribution in [2.24, 2.45) is 0 Å². The number of nitrogens with zero attached hydrogens (tertiary/aromatic N) is 3. The quantitative estimate of drug-likeness (QED) is 0.425. The standard InChI is InChI=1S/C22H23F3N4O2S/c1-3-31-18-10-6-16(7-11-18)20-27-28-22(32-21(24)25)29(20)13-12-19(30)26-14(2)15-4-8-17(23)9-5-15/h4-11,14,21H,3,12-13H2,1-2H3,(H,26,30)/t14-/m0/s1. The van der Waals surface area contributed by atoms with Crippen LogP contribution in [0.1, 0.15) is 31.9 Å². The summed E-state index contributed by atoms with van der Waals surface area (Å²) in [5, 5.41) is 10.8. The molecular weight excluding hydrogens is 441 g/mol. The molecule has 3 rings (SSSR count). The van der Waals surface area contributed by atoms with Gasteiger partial charge in [0.1, 0.15) is 11.6 Å². The number of alkyl halides is 2. The third kappa shape index (κ3) is 6.25. The van der Waals surface area contributed by atoms with Crippen LogP contribution in [0.4, 0.5) is 13.2 Å². The van der Waals surface area contributed by atoms with Crippen LogP contribution in [-0.2, 0) is 11.3 Å². The number of nitrogens with one attached hydrogen (secondary N) is 1. The van der Waals surface area contributed by atoms with E-state index in [1.165, 1.54) is 16.7 Å². The molecule has 10 heteroatoms. The Morgan fingerprint density at radius 3 is 2.44 bits per heavy atom. The zero-order valence-corrected chi connectivity index (χ0v) is 18.4. The number of aromatic nitrogens is 3. The second-order valence-corrected chi connectivity index (χ2v) is 7.84. The molecule has 32 heavy (non-hydrogen) atoms. The van der Waals surface area contributed by atoms with Gasteiger partial charge in [-0.1, -0.05) is 12.1 Å². The first-order valence-corrected chi connectivity index (χ1v) is 10.9. The Morgan fingerprint density at radius 1 is 1.12 bits per heavy atom. The van der Waals surface area contributed by atoms with Crippen molar-refractivity contribution in [1.29, 1.82) is 0 Å². The van der Waals surface area contributed by atoms with Gasteiger partial charge in [0.05, 0.1) is 12.6 Å². The summed E-state index contributed by atoms with van der Waals surface area (Å²) in [5.74, 6) is -2.24. The van der Waals surface area contributed by atoms with Crippen LogP contribution in [0.25, 0.3) is 11.4 Å². The first kappa shape index (κ1) is 23.6. The molecule has 0 unspecified atom stereocenters. The maximum absolute atomic E-state index is 13.1. The van der Waals surface area contributed by atoms with Crippen molar-refractivity contribution in [3.63, 3.8) is 0 Å². The van der Waals surface area contributed by atoms with E-state index < -0.39 is 5.76 Å². The zero-order chi connectivity index (χ0) is 23.1. The Balaban J connectivity index is 1.72. The molecule has 3 aromatic rings. The number of hydrogen-bond acceptors (Lipinski definition) is 5. The van der Waals surface area contributed by atoms with E-state index in [-0.39, 0.29) is 47.7 Å². The van der Waals surface area contributed by atoms with Crippen molar-refractivity contribution in [2.45, 2.75) is 43.8 Å². The molecule has 0 aliphatic carbocycles. The second kappa shape index (κ2) is 11.0. The number of amides is 1. The molecule has 0 radical (unpaired) electrons. The summed E-state index contributed by atoms with van der Waals surface area (Å²) >= 11 is 0.280. The lowest BCUT2D eigenvalue weighted by Gasteiger charge is -2.15. The predicted molar refractivity (Wildman–Crippen MR) is 116 cm³/mol. The summed E-state index contributed by atoms with van der Waals surface area (Å²) < 4.78 is 46.0. The molecule has 0 aliphatic heterocycles. The van der Waals surface area contributed by atoms with Crippen molar-refractivity contribution in [3.8, 4) is 17.1 Å². The van der Waals surface area contributed by atoms with Crippen molar-refractivity contribution < 1.29 is 22.7 Å². The molecule has 0 aliphatic rings. The van der Waals surface area contributed by atoms with Gasteiger partial charge in [-0.25, -0.2) is 4.39 Å². The molecule has 1 aromatic heterocycles. The van der Waals surface area contributed by atoms with Gasteiger partial charge in [-0.15, -0.1) is 10.2 Å². The molecular formula is C22H23F3N4O2S. The van der Waals surface area contributed by atoms with Crippen LogP contribution in [0.15, 0.2) is 53.7 Å². The van der Waals surface area contributed by atoms with Gasteiger partial charge in [0, 0.05) is 18.5 Å². The van der Waals surface area contributed by atoms with Gasteiger partial charge in [-0.05, 0) is 67.6 Å². The van der Waals surface area contributed by atoms with E-state index in [1.54, 1.807) is 43.3 Å². The lowest BCUT2D eigenvalue weighted by molar-refractivity contribution is -0.122. The smallest absolute Gasteiger partial charge is 0.291 e. The Bertz CT molecular complexity index is 1030. The van der Waals surface area contributed by atoms with Crippen LogP contribution in [-0.4, -0.2) is 33.0 Å². The molecule has 0 saturated heterocycles. The third-order valence-electron chi connectivity index (χ3n) is 4.64. The van der Waals surface area contributed by atoms with E-state index in [2.05, 4.69) is 15.5 Å². The number of ether oxygens (including phenoxy) is 1. The lowest BCUT2D eigenvalue weighted by atomic mass is 10.1. The van der Waals surface area contributed by atoms with Crippen LogP contribution in [0, 0.1) is 5.82 Å². The highest BCUT2D eigenvalue weighted by Crippen LogP contribution is 2.29. The fourth-order valence-electron chi connectivity index (χ4n) is 3.10. The fraction of sp³-hybridized carbons (Fsp3) is 0.318. The summed E-state index contributed by atoms with van der Waals surface area (Å²) in [6, 6.07) is 12.6. The minimum Gasteiger partial charge on any atom is -0.494 e. The summed E-state index contributed by atoms with van der Waals surface area (Å²) in [4.78, 5) is 12.5. The molecule has 0 fully saturated rings. The normalized spacial score (nSPS) is 12.1. The van der Waals surface area contributed by atoms with E-state index >= 15 is 0 Å². The molecule has 0 spiro atoms. The van der Waals surface area contributed by atoms with Gasteiger partial charge in [-0.3, -0.25) is 4.79 Å². The fourth-order valence-corrected chi connectivity index (χ4v) is 3.65. The maximum Gasteiger partial charge on any atom is 0.291 e. The van der Waals surface area contributed by atoms with Gasteiger partial charge in [0.15, 0.2) is 11.0 Å². The molecule has 1 atom stereocenters. The molecule has 170 valence electrons. The number of carbonyl (C=O) groups is 1. The number of hydrogen-bond donors (Lipinski definition) is 1. The molecule has 1 amide bonds. The van der Waals surface area contributed by atoms with Crippen LogP contribution in [0.2, 0.25) is 0 Å². The summed E-state index contributed by atoms with van der Waals surface area (Å²) in [7, 11) is 0. The first-order valence-electron chi connectivity index (χ1n) is 10.0. The van der Waals surface area contributed by atoms with Crippen LogP contribution in [0.5, 0.6) is 5.75 Å². The average Bonchev–Trinajstić information content (AvgIpc) is 3.15. The number of thioether (sulfide) groups is 1. The summed E-state index contributed by atoms with van der Waals surface area (Å²) in [6.07, 6.45) is 0.0321. The second-order valence-electron chi connectivity index (χ2n) is 6.88. The van der Waals surface area contributed by atoms with E-state index in [1.807, 2.05) is 6.92 Å². The highest BCUT2D eigenvalue weighted by Gasteiger charge is 2.19. The molecule has 1 heterocycles. The monoisotopic (exact) mass is 464 g/mol. The third-order valence-corrected chi connectivity index (χ3v) is 5.34. The van der Waals surface area contributed by atoms with Crippen LogP contribution in [0.3, 0.4) is 0 Å². The zero-order valence-electron chi connectivity index (χ0n) is 17.6. The number of rotatable bonds is 10.